The van der Waals surface area contributed by atoms with Gasteiger partial charge in [-0.2, -0.15) is 13.2 Å². The van der Waals surface area contributed by atoms with Gasteiger partial charge in [-0.25, -0.2) is 0 Å². The van der Waals surface area contributed by atoms with Crippen LogP contribution in [0.4, 0.5) is 18.9 Å². The van der Waals surface area contributed by atoms with Crippen LogP contribution in [0.3, 0.4) is 0 Å². The Labute approximate surface area is 90.4 Å². The summed E-state index contributed by atoms with van der Waals surface area (Å²) in [5, 5.41) is 2.31. The van der Waals surface area contributed by atoms with Crippen molar-refractivity contribution in [2.24, 2.45) is 5.73 Å². The minimum atomic E-state index is -4.42. The summed E-state index contributed by atoms with van der Waals surface area (Å²) >= 11 is 0. The van der Waals surface area contributed by atoms with Gasteiger partial charge in [0.2, 0.25) is 5.91 Å². The summed E-state index contributed by atoms with van der Waals surface area (Å²) in [5.41, 5.74) is 4.41. The van der Waals surface area contributed by atoms with Gasteiger partial charge in [0.15, 0.2) is 0 Å². The van der Waals surface area contributed by atoms with Crippen LogP contribution in [0.5, 0.6) is 0 Å². The van der Waals surface area contributed by atoms with Crippen molar-refractivity contribution in [2.45, 2.75) is 13.1 Å². The minimum Gasteiger partial charge on any atom is -0.325 e. The van der Waals surface area contributed by atoms with Crippen molar-refractivity contribution in [1.82, 2.24) is 0 Å². The van der Waals surface area contributed by atoms with E-state index in [1.54, 1.807) is 0 Å². The molecule has 0 radical (unpaired) electrons. The third kappa shape index (κ3) is 2.73. The fourth-order valence-corrected chi connectivity index (χ4v) is 1.28. The molecule has 0 unspecified atom stereocenters. The second kappa shape index (κ2) is 4.52. The van der Waals surface area contributed by atoms with Crippen LogP contribution in [-0.4, -0.2) is 12.5 Å². The largest absolute Gasteiger partial charge is 0.416 e. The van der Waals surface area contributed by atoms with Gasteiger partial charge in [0.25, 0.3) is 0 Å². The SMILES string of the molecule is Cc1c(NC(=O)CN)cccc1C(F)(F)F. The van der Waals surface area contributed by atoms with Gasteiger partial charge >= 0.3 is 6.18 Å². The maximum atomic E-state index is 12.5. The predicted octanol–water partition coefficient (Wildman–Crippen LogP) is 1.91. The third-order valence-corrected chi connectivity index (χ3v) is 2.10. The van der Waals surface area contributed by atoms with Gasteiger partial charge in [-0.1, -0.05) is 6.07 Å². The summed E-state index contributed by atoms with van der Waals surface area (Å²) in [7, 11) is 0. The number of carbonyl (C=O) groups excluding carboxylic acids is 1. The van der Waals surface area contributed by atoms with E-state index >= 15 is 0 Å². The first kappa shape index (κ1) is 12.5. The Morgan fingerprint density at radius 2 is 2.06 bits per heavy atom. The monoisotopic (exact) mass is 232 g/mol. The molecule has 0 aromatic heterocycles. The average Bonchev–Trinajstić information content (AvgIpc) is 2.19. The minimum absolute atomic E-state index is 0.0169. The van der Waals surface area contributed by atoms with E-state index in [0.29, 0.717) is 0 Å². The average molecular weight is 232 g/mol. The highest BCUT2D eigenvalue weighted by molar-refractivity contribution is 5.92. The number of hydrogen-bond acceptors (Lipinski definition) is 2. The molecule has 3 nitrogen and oxygen atoms in total. The van der Waals surface area contributed by atoms with Crippen LogP contribution in [0.1, 0.15) is 11.1 Å². The number of hydrogen-bond donors (Lipinski definition) is 2. The molecule has 3 N–H and O–H groups in total. The van der Waals surface area contributed by atoms with Crippen molar-refractivity contribution in [2.75, 3.05) is 11.9 Å². The van der Waals surface area contributed by atoms with Crippen molar-refractivity contribution in [3.63, 3.8) is 0 Å². The number of carbonyl (C=O) groups is 1. The van der Waals surface area contributed by atoms with Crippen LogP contribution >= 0.6 is 0 Å². The number of rotatable bonds is 2. The predicted molar refractivity (Wildman–Crippen MR) is 53.9 cm³/mol. The zero-order valence-electron chi connectivity index (χ0n) is 8.56. The fourth-order valence-electron chi connectivity index (χ4n) is 1.28. The van der Waals surface area contributed by atoms with Crippen molar-refractivity contribution >= 4 is 11.6 Å². The summed E-state index contributed by atoms with van der Waals surface area (Å²) in [6.07, 6.45) is -4.42. The lowest BCUT2D eigenvalue weighted by molar-refractivity contribution is -0.138. The molecule has 88 valence electrons. The molecule has 0 saturated heterocycles. The normalized spacial score (nSPS) is 11.3. The Balaban J connectivity index is 3.09. The van der Waals surface area contributed by atoms with Crippen LogP contribution in [0.2, 0.25) is 0 Å². The molecule has 1 aromatic carbocycles. The second-order valence-electron chi connectivity index (χ2n) is 3.23. The van der Waals surface area contributed by atoms with E-state index in [4.69, 9.17) is 5.73 Å². The first-order valence-electron chi connectivity index (χ1n) is 4.53. The first-order valence-corrected chi connectivity index (χ1v) is 4.53. The van der Waals surface area contributed by atoms with E-state index in [9.17, 15) is 18.0 Å². The van der Waals surface area contributed by atoms with Crippen molar-refractivity contribution in [3.8, 4) is 0 Å². The molecule has 0 atom stereocenters. The molecule has 0 fully saturated rings. The molecule has 0 aliphatic rings. The lowest BCUT2D eigenvalue weighted by Crippen LogP contribution is -2.22. The van der Waals surface area contributed by atoms with Gasteiger partial charge in [0.05, 0.1) is 12.1 Å². The second-order valence-corrected chi connectivity index (χ2v) is 3.23. The van der Waals surface area contributed by atoms with E-state index < -0.39 is 17.6 Å². The highest BCUT2D eigenvalue weighted by atomic mass is 19.4. The van der Waals surface area contributed by atoms with Crippen LogP contribution in [0.25, 0.3) is 0 Å². The molecule has 0 heterocycles. The Morgan fingerprint density at radius 3 is 2.56 bits per heavy atom. The highest BCUT2D eigenvalue weighted by Crippen LogP contribution is 2.34. The third-order valence-electron chi connectivity index (χ3n) is 2.10. The molecule has 0 aliphatic carbocycles. The Morgan fingerprint density at radius 1 is 1.44 bits per heavy atom. The molecule has 0 spiro atoms. The molecule has 0 aliphatic heterocycles. The molecule has 0 bridgehead atoms. The highest BCUT2D eigenvalue weighted by Gasteiger charge is 2.32. The molecule has 16 heavy (non-hydrogen) atoms. The van der Waals surface area contributed by atoms with Gasteiger partial charge in [-0.3, -0.25) is 4.79 Å². The zero-order valence-corrected chi connectivity index (χ0v) is 8.56. The molecule has 0 saturated carbocycles. The summed E-state index contributed by atoms with van der Waals surface area (Å²) in [6, 6.07) is 3.60. The summed E-state index contributed by atoms with van der Waals surface area (Å²) in [5.74, 6) is -0.526. The van der Waals surface area contributed by atoms with Gasteiger partial charge in [-0.05, 0) is 24.6 Å². The first-order chi connectivity index (χ1) is 7.36. The molecule has 1 rings (SSSR count). The number of nitrogens with one attached hydrogen (secondary N) is 1. The van der Waals surface area contributed by atoms with Gasteiger partial charge in [0, 0.05) is 5.69 Å². The van der Waals surface area contributed by atoms with Crippen LogP contribution in [-0.2, 0) is 11.0 Å². The Bertz CT molecular complexity index is 402. The van der Waals surface area contributed by atoms with E-state index in [0.717, 1.165) is 6.07 Å². The maximum absolute atomic E-state index is 12.5. The Hall–Kier alpha value is -1.56. The molecule has 1 amide bonds. The van der Waals surface area contributed by atoms with E-state index in [1.165, 1.54) is 19.1 Å². The van der Waals surface area contributed by atoms with Crippen LogP contribution < -0.4 is 11.1 Å². The van der Waals surface area contributed by atoms with Gasteiger partial charge in [-0.15, -0.1) is 0 Å². The number of benzene rings is 1. The van der Waals surface area contributed by atoms with Gasteiger partial charge in [0.1, 0.15) is 0 Å². The number of halogens is 3. The summed E-state index contributed by atoms with van der Waals surface area (Å²) in [6.45, 7) is 1.03. The molecular weight excluding hydrogens is 221 g/mol. The van der Waals surface area contributed by atoms with Gasteiger partial charge < -0.3 is 11.1 Å². The number of alkyl halides is 3. The fraction of sp³-hybridized carbons (Fsp3) is 0.300. The standard InChI is InChI=1S/C10H11F3N2O/c1-6-7(10(11,12)13)3-2-4-8(6)15-9(16)5-14/h2-4H,5,14H2,1H3,(H,15,16). The van der Waals surface area contributed by atoms with Crippen LogP contribution in [0.15, 0.2) is 18.2 Å². The molecular formula is C10H11F3N2O. The Kier molecular flexibility index (Phi) is 3.54. The van der Waals surface area contributed by atoms with Crippen LogP contribution in [0, 0.1) is 6.92 Å². The van der Waals surface area contributed by atoms with Crippen molar-refractivity contribution < 1.29 is 18.0 Å². The van der Waals surface area contributed by atoms with Crippen molar-refractivity contribution in [1.29, 1.82) is 0 Å². The van der Waals surface area contributed by atoms with E-state index in [1.807, 2.05) is 0 Å². The summed E-state index contributed by atoms with van der Waals surface area (Å²) in [4.78, 5) is 11.0. The molecule has 6 heteroatoms. The van der Waals surface area contributed by atoms with E-state index in [-0.39, 0.29) is 17.8 Å². The lowest BCUT2D eigenvalue weighted by atomic mass is 10.1. The lowest BCUT2D eigenvalue weighted by Gasteiger charge is -2.14. The number of nitrogens with two attached hydrogens (primary N) is 1. The number of amides is 1. The quantitative estimate of drug-likeness (QED) is 0.818. The topological polar surface area (TPSA) is 55.1 Å². The zero-order chi connectivity index (χ0) is 12.3. The summed E-state index contributed by atoms with van der Waals surface area (Å²) < 4.78 is 37.5. The molecule has 1 aromatic rings. The maximum Gasteiger partial charge on any atom is 0.416 e. The number of anilines is 1. The van der Waals surface area contributed by atoms with E-state index in [2.05, 4.69) is 5.32 Å². The smallest absolute Gasteiger partial charge is 0.325 e. The van der Waals surface area contributed by atoms with Crippen molar-refractivity contribution in [3.05, 3.63) is 29.3 Å².